The molecule has 5 heteroatoms. The molecule has 12 heavy (non-hydrogen) atoms. The van der Waals surface area contributed by atoms with Gasteiger partial charge in [-0.25, -0.2) is 4.39 Å². The van der Waals surface area contributed by atoms with E-state index in [-0.39, 0.29) is 25.0 Å². The van der Waals surface area contributed by atoms with Gasteiger partial charge in [-0.3, -0.25) is 9.79 Å². The van der Waals surface area contributed by atoms with Crippen molar-refractivity contribution in [3.8, 4) is 0 Å². The summed E-state index contributed by atoms with van der Waals surface area (Å²) in [6.07, 6.45) is -0.632. The second kappa shape index (κ2) is 2.43. The fourth-order valence-corrected chi connectivity index (χ4v) is 1.70. The molecule has 2 unspecified atom stereocenters. The Kier molecular flexibility index (Phi) is 1.52. The minimum atomic E-state index is -0.939. The van der Waals surface area contributed by atoms with Crippen LogP contribution in [0.2, 0.25) is 0 Å². The summed E-state index contributed by atoms with van der Waals surface area (Å²) in [5.74, 6) is 0.282. The van der Waals surface area contributed by atoms with E-state index in [0.29, 0.717) is 12.3 Å². The Hall–Kier alpha value is -1.13. The van der Waals surface area contributed by atoms with Gasteiger partial charge in [-0.15, -0.1) is 0 Å². The van der Waals surface area contributed by atoms with E-state index in [0.717, 1.165) is 0 Å². The first-order chi connectivity index (χ1) is 5.68. The van der Waals surface area contributed by atoms with Crippen LogP contribution in [-0.4, -0.2) is 41.9 Å². The van der Waals surface area contributed by atoms with Gasteiger partial charge in [0.05, 0.1) is 12.6 Å². The van der Waals surface area contributed by atoms with E-state index in [1.165, 1.54) is 4.90 Å². The number of hydrogen-bond donors (Lipinski definition) is 1. The van der Waals surface area contributed by atoms with Crippen LogP contribution < -0.4 is 5.73 Å². The van der Waals surface area contributed by atoms with Gasteiger partial charge in [-0.05, 0) is 0 Å². The molecule has 2 rings (SSSR count). The third kappa shape index (κ3) is 0.964. The predicted molar refractivity (Wildman–Crippen MR) is 41.5 cm³/mol. The zero-order valence-electron chi connectivity index (χ0n) is 6.53. The molecular weight excluding hydrogens is 161 g/mol. The van der Waals surface area contributed by atoms with Crippen LogP contribution in [0.3, 0.4) is 0 Å². The Morgan fingerprint density at radius 1 is 1.67 bits per heavy atom. The van der Waals surface area contributed by atoms with Gasteiger partial charge >= 0.3 is 0 Å². The van der Waals surface area contributed by atoms with Gasteiger partial charge in [0.25, 0.3) is 0 Å². The number of carbonyl (C=O) groups excluding carboxylic acids is 1. The molecule has 2 atom stereocenters. The molecule has 1 fully saturated rings. The zero-order chi connectivity index (χ0) is 8.72. The molecule has 0 aliphatic carbocycles. The number of alkyl halides is 1. The molecule has 2 aliphatic heterocycles. The minimum Gasteiger partial charge on any atom is -0.386 e. The zero-order valence-corrected chi connectivity index (χ0v) is 6.53. The van der Waals surface area contributed by atoms with Crippen molar-refractivity contribution in [3.05, 3.63) is 0 Å². The SMILES string of the molecule is NC1=NCC(=O)N2CC(F)CC12. The molecule has 4 nitrogen and oxygen atoms in total. The van der Waals surface area contributed by atoms with Crippen molar-refractivity contribution in [3.63, 3.8) is 0 Å². The maximum Gasteiger partial charge on any atom is 0.245 e. The summed E-state index contributed by atoms with van der Waals surface area (Å²) in [4.78, 5) is 16.5. The second-order valence-corrected chi connectivity index (χ2v) is 3.14. The molecule has 1 saturated heterocycles. The van der Waals surface area contributed by atoms with Crippen LogP contribution in [-0.2, 0) is 4.79 Å². The van der Waals surface area contributed by atoms with Gasteiger partial charge in [-0.2, -0.15) is 0 Å². The summed E-state index contributed by atoms with van der Waals surface area (Å²) >= 11 is 0. The molecule has 0 aromatic heterocycles. The number of aliphatic imine (C=N–C) groups is 1. The highest BCUT2D eigenvalue weighted by Crippen LogP contribution is 2.22. The average molecular weight is 171 g/mol. The summed E-state index contributed by atoms with van der Waals surface area (Å²) in [7, 11) is 0. The maximum absolute atomic E-state index is 12.9. The Morgan fingerprint density at radius 3 is 3.08 bits per heavy atom. The van der Waals surface area contributed by atoms with Crippen LogP contribution in [0.15, 0.2) is 4.99 Å². The molecule has 66 valence electrons. The first kappa shape index (κ1) is 7.52. The highest BCUT2D eigenvalue weighted by molar-refractivity contribution is 5.96. The van der Waals surface area contributed by atoms with Crippen molar-refractivity contribution < 1.29 is 9.18 Å². The van der Waals surface area contributed by atoms with Gasteiger partial charge in [0.2, 0.25) is 5.91 Å². The molecule has 0 spiro atoms. The smallest absolute Gasteiger partial charge is 0.245 e. The van der Waals surface area contributed by atoms with E-state index in [4.69, 9.17) is 5.73 Å². The van der Waals surface area contributed by atoms with E-state index in [2.05, 4.69) is 4.99 Å². The lowest BCUT2D eigenvalue weighted by Crippen LogP contribution is -2.48. The van der Waals surface area contributed by atoms with Crippen LogP contribution in [0.25, 0.3) is 0 Å². The lowest BCUT2D eigenvalue weighted by molar-refractivity contribution is -0.130. The molecule has 2 heterocycles. The Bertz CT molecular complexity index is 253. The normalized spacial score (nSPS) is 34.9. The van der Waals surface area contributed by atoms with Crippen molar-refractivity contribution in [1.82, 2.24) is 4.90 Å². The third-order valence-electron chi connectivity index (χ3n) is 2.31. The molecular formula is C7H10FN3O. The van der Waals surface area contributed by atoms with E-state index < -0.39 is 6.17 Å². The number of rotatable bonds is 0. The highest BCUT2D eigenvalue weighted by Gasteiger charge is 2.39. The fourth-order valence-electron chi connectivity index (χ4n) is 1.70. The average Bonchev–Trinajstić information content (AvgIpc) is 2.41. The van der Waals surface area contributed by atoms with Crippen molar-refractivity contribution in [2.24, 2.45) is 10.7 Å². The van der Waals surface area contributed by atoms with Crippen LogP contribution in [0, 0.1) is 0 Å². The molecule has 0 radical (unpaired) electrons. The number of halogens is 1. The monoisotopic (exact) mass is 171 g/mol. The Labute approximate surface area is 69.2 Å². The number of nitrogens with two attached hydrogens (primary N) is 1. The lowest BCUT2D eigenvalue weighted by Gasteiger charge is -2.26. The van der Waals surface area contributed by atoms with Gasteiger partial charge < -0.3 is 10.6 Å². The lowest BCUT2D eigenvalue weighted by atomic mass is 10.1. The third-order valence-corrected chi connectivity index (χ3v) is 2.31. The first-order valence-corrected chi connectivity index (χ1v) is 3.92. The number of carbonyl (C=O) groups is 1. The summed E-state index contributed by atoms with van der Waals surface area (Å²) in [6.45, 7) is 0.259. The summed E-state index contributed by atoms with van der Waals surface area (Å²) in [6, 6.07) is -0.277. The number of amidine groups is 1. The quantitative estimate of drug-likeness (QED) is 0.523. The van der Waals surface area contributed by atoms with E-state index >= 15 is 0 Å². The number of fused-ring (bicyclic) bond motifs is 1. The van der Waals surface area contributed by atoms with Crippen LogP contribution >= 0.6 is 0 Å². The largest absolute Gasteiger partial charge is 0.386 e. The maximum atomic E-state index is 12.9. The second-order valence-electron chi connectivity index (χ2n) is 3.14. The minimum absolute atomic E-state index is 0.0784. The molecule has 0 aromatic rings. The summed E-state index contributed by atoms with van der Waals surface area (Å²) in [5, 5.41) is 0. The van der Waals surface area contributed by atoms with E-state index in [9.17, 15) is 9.18 Å². The van der Waals surface area contributed by atoms with Crippen molar-refractivity contribution in [1.29, 1.82) is 0 Å². The molecule has 0 saturated carbocycles. The number of hydrogen-bond acceptors (Lipinski definition) is 3. The van der Waals surface area contributed by atoms with Gasteiger partial charge in [0.1, 0.15) is 18.6 Å². The first-order valence-electron chi connectivity index (χ1n) is 3.92. The van der Waals surface area contributed by atoms with E-state index in [1.54, 1.807) is 0 Å². The van der Waals surface area contributed by atoms with Crippen LogP contribution in [0.4, 0.5) is 4.39 Å². The van der Waals surface area contributed by atoms with Gasteiger partial charge in [0.15, 0.2) is 0 Å². The Balaban J connectivity index is 2.25. The van der Waals surface area contributed by atoms with Gasteiger partial charge in [-0.1, -0.05) is 0 Å². The number of amides is 1. The molecule has 1 amide bonds. The van der Waals surface area contributed by atoms with Crippen molar-refractivity contribution >= 4 is 11.7 Å². The summed E-state index contributed by atoms with van der Waals surface area (Å²) < 4.78 is 12.9. The van der Waals surface area contributed by atoms with E-state index in [1.807, 2.05) is 0 Å². The number of nitrogens with zero attached hydrogens (tertiary/aromatic N) is 2. The molecule has 0 bridgehead atoms. The van der Waals surface area contributed by atoms with Crippen LogP contribution in [0.1, 0.15) is 6.42 Å². The predicted octanol–water partition coefficient (Wildman–Crippen LogP) is -0.704. The summed E-state index contributed by atoms with van der Waals surface area (Å²) in [5.41, 5.74) is 5.53. The van der Waals surface area contributed by atoms with Crippen molar-refractivity contribution in [2.75, 3.05) is 13.1 Å². The Morgan fingerprint density at radius 2 is 2.42 bits per heavy atom. The fraction of sp³-hybridized carbons (Fsp3) is 0.714. The van der Waals surface area contributed by atoms with Crippen LogP contribution in [0.5, 0.6) is 0 Å². The standard InChI is InChI=1S/C7H10FN3O/c8-4-1-5-7(9)10-2-6(12)11(5)3-4/h4-5H,1-3H2,(H2,9,10). The highest BCUT2D eigenvalue weighted by atomic mass is 19.1. The topological polar surface area (TPSA) is 58.7 Å². The molecule has 2 N–H and O–H groups in total. The molecule has 2 aliphatic rings. The molecule has 0 aromatic carbocycles. The van der Waals surface area contributed by atoms with Gasteiger partial charge in [0, 0.05) is 6.42 Å². The van der Waals surface area contributed by atoms with Crippen molar-refractivity contribution in [2.45, 2.75) is 18.6 Å².